The molecular formula is C4H13O4PZn. The van der Waals surface area contributed by atoms with Gasteiger partial charge in [0.2, 0.25) is 0 Å². The summed E-state index contributed by atoms with van der Waals surface area (Å²) >= 11 is 0.0972. The summed E-state index contributed by atoms with van der Waals surface area (Å²) < 4.78 is 8.88. The van der Waals surface area contributed by atoms with E-state index in [9.17, 15) is 0 Å². The van der Waals surface area contributed by atoms with Crippen LogP contribution in [-0.4, -0.2) is 14.7 Å². The van der Waals surface area contributed by atoms with E-state index >= 15 is 0 Å². The standard InChI is InChI=1S/2C2H5.H3O4P.Zn/c2*1-2;1-5(2,3)4;/h2*1H2,2H3;(H3,1,2,3,4);. The average molecular weight is 222 g/mol. The molecular weight excluding hydrogens is 208 g/mol. The summed E-state index contributed by atoms with van der Waals surface area (Å²) in [7, 11) is -4.64. The molecule has 0 aliphatic carbocycles. The van der Waals surface area contributed by atoms with Gasteiger partial charge in [-0.05, 0) is 0 Å². The van der Waals surface area contributed by atoms with Gasteiger partial charge < -0.3 is 14.7 Å². The Labute approximate surface area is 68.5 Å². The molecule has 0 rings (SSSR count). The van der Waals surface area contributed by atoms with Gasteiger partial charge in [0, 0.05) is 0 Å². The Morgan fingerprint density at radius 2 is 1.40 bits per heavy atom. The first-order valence-electron chi connectivity index (χ1n) is 3.20. The summed E-state index contributed by atoms with van der Waals surface area (Å²) in [5.41, 5.74) is 0. The van der Waals surface area contributed by atoms with E-state index in [0.717, 1.165) is 0 Å². The smallest absolute Gasteiger partial charge is 0.303 e. The average Bonchev–Trinajstić information content (AvgIpc) is 1.63. The molecule has 0 saturated heterocycles. The Hall–Kier alpha value is 0.733. The molecule has 0 unspecified atom stereocenters. The Bertz CT molecular complexity index is 91.2. The van der Waals surface area contributed by atoms with Crippen LogP contribution in [0.2, 0.25) is 10.0 Å². The van der Waals surface area contributed by atoms with Crippen LogP contribution in [0.3, 0.4) is 0 Å². The van der Waals surface area contributed by atoms with E-state index in [-0.39, 0.29) is 17.1 Å². The van der Waals surface area contributed by atoms with Crippen molar-refractivity contribution in [1.29, 1.82) is 0 Å². The van der Waals surface area contributed by atoms with Crippen molar-refractivity contribution in [2.45, 2.75) is 23.9 Å². The summed E-state index contributed by atoms with van der Waals surface area (Å²) in [5, 5.41) is 3.06. The van der Waals surface area contributed by atoms with Gasteiger partial charge >= 0.3 is 48.8 Å². The molecule has 0 saturated carbocycles. The number of hydrogen-bond donors (Lipinski definition) is 3. The molecule has 4 nitrogen and oxygen atoms in total. The fourth-order valence-corrected chi connectivity index (χ4v) is 1.84. The van der Waals surface area contributed by atoms with Crippen molar-refractivity contribution in [1.82, 2.24) is 0 Å². The molecule has 0 aromatic rings. The molecule has 0 bridgehead atoms. The van der Waals surface area contributed by atoms with Gasteiger partial charge in [0.05, 0.1) is 0 Å². The maximum Gasteiger partial charge on any atom is 0.466 e. The van der Waals surface area contributed by atoms with Crippen LogP contribution in [0, 0.1) is 0 Å². The molecule has 0 aromatic carbocycles. The van der Waals surface area contributed by atoms with Crippen LogP contribution in [0.1, 0.15) is 13.8 Å². The maximum absolute atomic E-state index is 8.88. The summed E-state index contributed by atoms with van der Waals surface area (Å²) in [6, 6.07) is 0. The van der Waals surface area contributed by atoms with Crippen molar-refractivity contribution >= 4 is 7.82 Å². The first-order chi connectivity index (χ1) is 4.41. The molecule has 0 heterocycles. The summed E-state index contributed by atoms with van der Waals surface area (Å²) in [4.78, 5) is 21.6. The van der Waals surface area contributed by atoms with Crippen LogP contribution < -0.4 is 0 Å². The molecule has 3 N–H and O–H groups in total. The monoisotopic (exact) mass is 220 g/mol. The van der Waals surface area contributed by atoms with Crippen LogP contribution in [0.5, 0.6) is 0 Å². The van der Waals surface area contributed by atoms with Gasteiger partial charge in [-0.15, -0.1) is 0 Å². The summed E-state index contributed by atoms with van der Waals surface area (Å²) in [5.74, 6) is 0. The molecule has 10 heavy (non-hydrogen) atoms. The summed E-state index contributed by atoms with van der Waals surface area (Å²) in [6.07, 6.45) is 0. The maximum atomic E-state index is 8.88. The van der Waals surface area contributed by atoms with Gasteiger partial charge in [-0.3, -0.25) is 0 Å². The van der Waals surface area contributed by atoms with Crippen LogP contribution in [0.15, 0.2) is 0 Å². The SMILES string of the molecule is C[CH2][Zn][CH2]C.O=P(O)(O)O. The molecule has 0 aliphatic rings. The van der Waals surface area contributed by atoms with E-state index in [1.54, 1.807) is 0 Å². The van der Waals surface area contributed by atoms with Gasteiger partial charge in [0.15, 0.2) is 0 Å². The third-order valence-corrected chi connectivity index (χ3v) is 3.67. The van der Waals surface area contributed by atoms with E-state index in [4.69, 9.17) is 19.2 Å². The molecule has 0 aliphatic heterocycles. The fraction of sp³-hybridized carbons (Fsp3) is 1.00. The van der Waals surface area contributed by atoms with E-state index in [0.29, 0.717) is 0 Å². The van der Waals surface area contributed by atoms with Crippen molar-refractivity contribution in [3.05, 3.63) is 0 Å². The van der Waals surface area contributed by atoms with Gasteiger partial charge in [-0.2, -0.15) is 0 Å². The zero-order valence-electron chi connectivity index (χ0n) is 6.32. The van der Waals surface area contributed by atoms with E-state index in [1.165, 1.54) is 10.0 Å². The zero-order valence-corrected chi connectivity index (χ0v) is 10.2. The largest absolute Gasteiger partial charge is 0.466 e. The van der Waals surface area contributed by atoms with Crippen molar-refractivity contribution in [2.75, 3.05) is 0 Å². The van der Waals surface area contributed by atoms with Gasteiger partial charge in [-0.1, -0.05) is 0 Å². The Balaban J connectivity index is 0. The van der Waals surface area contributed by atoms with Gasteiger partial charge in [0.25, 0.3) is 0 Å². The number of hydrogen-bond acceptors (Lipinski definition) is 1. The van der Waals surface area contributed by atoms with Crippen molar-refractivity contribution in [3.8, 4) is 0 Å². The van der Waals surface area contributed by atoms with Crippen LogP contribution in [0.4, 0.5) is 0 Å². The minimum atomic E-state index is -4.64. The van der Waals surface area contributed by atoms with Crippen LogP contribution in [-0.2, 0) is 21.7 Å². The molecule has 0 radical (unpaired) electrons. The van der Waals surface area contributed by atoms with E-state index < -0.39 is 7.82 Å². The van der Waals surface area contributed by atoms with Gasteiger partial charge in [0.1, 0.15) is 0 Å². The van der Waals surface area contributed by atoms with Crippen LogP contribution in [0.25, 0.3) is 0 Å². The Kier molecular flexibility index (Phi) is 10.4. The molecule has 0 atom stereocenters. The van der Waals surface area contributed by atoms with Gasteiger partial charge in [-0.25, -0.2) is 4.57 Å². The molecule has 0 aromatic heterocycles. The minimum Gasteiger partial charge on any atom is -0.303 e. The second-order valence-corrected chi connectivity index (χ2v) is 8.57. The summed E-state index contributed by atoms with van der Waals surface area (Å²) in [6.45, 7) is 4.59. The minimum absolute atomic E-state index is 0.0972. The Morgan fingerprint density at radius 1 is 1.20 bits per heavy atom. The van der Waals surface area contributed by atoms with E-state index in [1.807, 2.05) is 0 Å². The normalized spacial score (nSPS) is 9.30. The van der Waals surface area contributed by atoms with Crippen molar-refractivity contribution in [3.63, 3.8) is 0 Å². The Morgan fingerprint density at radius 3 is 1.40 bits per heavy atom. The third kappa shape index (κ3) is 69.9. The first kappa shape index (κ1) is 13.3. The van der Waals surface area contributed by atoms with Crippen LogP contribution >= 0.6 is 7.82 Å². The second-order valence-electron chi connectivity index (χ2n) is 1.87. The third-order valence-electron chi connectivity index (χ3n) is 0.707. The fourth-order valence-electron chi connectivity index (χ4n) is 0.354. The quantitative estimate of drug-likeness (QED) is 0.480. The zero-order chi connectivity index (χ0) is 8.62. The molecule has 0 spiro atoms. The second kappa shape index (κ2) is 7.84. The predicted molar refractivity (Wildman–Crippen MR) is 35.2 cm³/mol. The van der Waals surface area contributed by atoms with Crippen molar-refractivity contribution < 1.29 is 36.4 Å². The molecule has 0 amide bonds. The first-order valence-corrected chi connectivity index (χ1v) is 8.96. The van der Waals surface area contributed by atoms with E-state index in [2.05, 4.69) is 13.8 Å². The molecule has 6 heteroatoms. The number of rotatable bonds is 2. The topological polar surface area (TPSA) is 77.8 Å². The number of phosphoric acid groups is 1. The van der Waals surface area contributed by atoms with Crippen molar-refractivity contribution in [2.24, 2.45) is 0 Å². The molecule has 0 fully saturated rings. The molecule has 60 valence electrons. The predicted octanol–water partition coefficient (Wildman–Crippen LogP) is 1.02.